The zero-order valence-electron chi connectivity index (χ0n) is 20.7. The highest BCUT2D eigenvalue weighted by atomic mass is 32.2. The lowest BCUT2D eigenvalue weighted by atomic mass is 10.1. The van der Waals surface area contributed by atoms with Crippen LogP contribution in [0.3, 0.4) is 0 Å². The lowest BCUT2D eigenvalue weighted by Gasteiger charge is -2.23. The first-order chi connectivity index (χ1) is 18.1. The molecule has 1 saturated carbocycles. The summed E-state index contributed by atoms with van der Waals surface area (Å²) in [5, 5.41) is 14.4. The van der Waals surface area contributed by atoms with E-state index in [9.17, 15) is 0 Å². The molecule has 0 unspecified atom stereocenters. The van der Waals surface area contributed by atoms with E-state index >= 15 is 0 Å². The molecule has 0 spiro atoms. The number of pyridine rings is 1. The van der Waals surface area contributed by atoms with Gasteiger partial charge in [0.2, 0.25) is 11.7 Å². The molecular weight excluding hydrogens is 484 g/mol. The second-order valence-electron chi connectivity index (χ2n) is 9.17. The number of aryl methyl sites for hydroxylation is 1. The van der Waals surface area contributed by atoms with Crippen LogP contribution < -0.4 is 4.74 Å². The molecule has 0 aliphatic heterocycles. The highest BCUT2D eigenvalue weighted by molar-refractivity contribution is 8.00. The van der Waals surface area contributed by atoms with E-state index in [1.807, 2.05) is 48.5 Å². The molecule has 1 aliphatic rings. The van der Waals surface area contributed by atoms with Gasteiger partial charge in [0.1, 0.15) is 10.5 Å². The van der Waals surface area contributed by atoms with Gasteiger partial charge in [-0.15, -0.1) is 10.2 Å². The number of rotatable bonds is 7. The zero-order chi connectivity index (χ0) is 25.2. The summed E-state index contributed by atoms with van der Waals surface area (Å²) in [6.45, 7) is 2.06. The number of nitrogens with zero attached hydrogens (tertiary/aromatic N) is 6. The maximum Gasteiger partial charge on any atom is 0.243 e. The first kappa shape index (κ1) is 23.4. The van der Waals surface area contributed by atoms with Crippen molar-refractivity contribution in [2.45, 2.75) is 42.5 Å². The van der Waals surface area contributed by atoms with E-state index in [0.29, 0.717) is 11.7 Å². The summed E-state index contributed by atoms with van der Waals surface area (Å²) >= 11 is 1.66. The number of hydrogen-bond acceptors (Lipinski definition) is 8. The second kappa shape index (κ2) is 9.82. The van der Waals surface area contributed by atoms with Gasteiger partial charge in [-0.25, -0.2) is 0 Å². The monoisotopic (exact) mass is 510 g/mol. The standard InChI is InChI=1S/C28H26N6O2S/c1-19-5-7-20(8-6-19)24-30-26(36-33-24)28(15-3-4-16-28)37-27-32-31-25(21-13-17-29-18-14-21)34(27)22-9-11-23(35-2)12-10-22/h5-14,17-18H,3-4,15-16H2,1-2H3. The Morgan fingerprint density at radius 3 is 2.32 bits per heavy atom. The summed E-state index contributed by atoms with van der Waals surface area (Å²) in [6.07, 6.45) is 7.55. The number of methoxy groups -OCH3 is 1. The molecular formula is C28H26N6O2S. The number of benzene rings is 2. The molecule has 2 aromatic carbocycles. The summed E-state index contributed by atoms with van der Waals surface area (Å²) in [5.74, 6) is 2.78. The Balaban J connectivity index is 1.41. The molecule has 6 rings (SSSR count). The van der Waals surface area contributed by atoms with Crippen molar-refractivity contribution in [2.24, 2.45) is 0 Å². The topological polar surface area (TPSA) is 91.8 Å². The maximum absolute atomic E-state index is 5.91. The summed E-state index contributed by atoms with van der Waals surface area (Å²) in [5.41, 5.74) is 4.02. The molecule has 37 heavy (non-hydrogen) atoms. The summed E-state index contributed by atoms with van der Waals surface area (Å²) in [7, 11) is 1.66. The Morgan fingerprint density at radius 1 is 0.892 bits per heavy atom. The van der Waals surface area contributed by atoms with Crippen LogP contribution in [0.5, 0.6) is 5.75 Å². The third-order valence-electron chi connectivity index (χ3n) is 6.73. The minimum absolute atomic E-state index is 0.372. The summed E-state index contributed by atoms with van der Waals surface area (Å²) < 4.78 is 13.0. The number of ether oxygens (including phenoxy) is 1. The van der Waals surface area contributed by atoms with Crippen molar-refractivity contribution < 1.29 is 9.26 Å². The van der Waals surface area contributed by atoms with Gasteiger partial charge in [-0.05, 0) is 56.2 Å². The van der Waals surface area contributed by atoms with Crippen molar-refractivity contribution in [1.29, 1.82) is 0 Å². The van der Waals surface area contributed by atoms with E-state index in [2.05, 4.69) is 44.0 Å². The third kappa shape index (κ3) is 4.51. The van der Waals surface area contributed by atoms with Gasteiger partial charge >= 0.3 is 0 Å². The molecule has 9 heteroatoms. The van der Waals surface area contributed by atoms with Crippen LogP contribution in [0.1, 0.15) is 37.1 Å². The fourth-order valence-corrected chi connectivity index (χ4v) is 6.07. The molecule has 1 fully saturated rings. The van der Waals surface area contributed by atoms with E-state index in [1.54, 1.807) is 31.3 Å². The first-order valence-corrected chi connectivity index (χ1v) is 13.1. The average Bonchev–Trinajstić information content (AvgIpc) is 3.71. The molecule has 0 bridgehead atoms. The SMILES string of the molecule is COc1ccc(-n2c(SC3(c4nc(-c5ccc(C)cc5)no4)CCCC3)nnc2-c2ccncc2)cc1. The van der Waals surface area contributed by atoms with Crippen molar-refractivity contribution in [1.82, 2.24) is 29.9 Å². The van der Waals surface area contributed by atoms with Gasteiger partial charge in [0, 0.05) is 29.2 Å². The fourth-order valence-electron chi connectivity index (χ4n) is 4.70. The molecule has 0 radical (unpaired) electrons. The van der Waals surface area contributed by atoms with Crippen LogP contribution >= 0.6 is 11.8 Å². The molecule has 1 aliphatic carbocycles. The van der Waals surface area contributed by atoms with Crippen LogP contribution in [0.25, 0.3) is 28.5 Å². The van der Waals surface area contributed by atoms with Crippen LogP contribution in [-0.2, 0) is 4.75 Å². The van der Waals surface area contributed by atoms with Crippen LogP contribution in [0.4, 0.5) is 0 Å². The predicted octanol–water partition coefficient (Wildman–Crippen LogP) is 6.26. The normalized spacial score (nSPS) is 14.6. The average molecular weight is 511 g/mol. The first-order valence-electron chi connectivity index (χ1n) is 12.3. The van der Waals surface area contributed by atoms with Crippen molar-refractivity contribution in [3.8, 4) is 34.2 Å². The molecule has 3 aromatic heterocycles. The van der Waals surface area contributed by atoms with Gasteiger partial charge in [-0.2, -0.15) is 4.98 Å². The number of aromatic nitrogens is 6. The van der Waals surface area contributed by atoms with Gasteiger partial charge in [-0.3, -0.25) is 9.55 Å². The van der Waals surface area contributed by atoms with E-state index in [4.69, 9.17) is 14.2 Å². The number of hydrogen-bond donors (Lipinski definition) is 0. The lowest BCUT2D eigenvalue weighted by molar-refractivity contribution is 0.340. The van der Waals surface area contributed by atoms with Crippen molar-refractivity contribution in [3.63, 3.8) is 0 Å². The lowest BCUT2D eigenvalue weighted by Crippen LogP contribution is -2.19. The van der Waals surface area contributed by atoms with Crippen molar-refractivity contribution >= 4 is 11.8 Å². The van der Waals surface area contributed by atoms with Gasteiger partial charge < -0.3 is 9.26 Å². The van der Waals surface area contributed by atoms with Crippen molar-refractivity contribution in [2.75, 3.05) is 7.11 Å². The summed E-state index contributed by atoms with van der Waals surface area (Å²) in [4.78, 5) is 9.03. The molecule has 8 nitrogen and oxygen atoms in total. The highest BCUT2D eigenvalue weighted by Crippen LogP contribution is 2.52. The smallest absolute Gasteiger partial charge is 0.243 e. The molecule has 186 valence electrons. The van der Waals surface area contributed by atoms with Crippen molar-refractivity contribution in [3.05, 3.63) is 84.5 Å². The second-order valence-corrected chi connectivity index (χ2v) is 10.5. The van der Waals surface area contributed by atoms with Gasteiger partial charge in [-0.1, -0.05) is 59.6 Å². The van der Waals surface area contributed by atoms with Gasteiger partial charge in [0.25, 0.3) is 0 Å². The van der Waals surface area contributed by atoms with E-state index in [0.717, 1.165) is 59.2 Å². The number of thioether (sulfide) groups is 1. The van der Waals surface area contributed by atoms with E-state index < -0.39 is 0 Å². The highest BCUT2D eigenvalue weighted by Gasteiger charge is 2.44. The minimum atomic E-state index is -0.372. The Kier molecular flexibility index (Phi) is 6.21. The largest absolute Gasteiger partial charge is 0.497 e. The van der Waals surface area contributed by atoms with Gasteiger partial charge in [0.15, 0.2) is 11.0 Å². The van der Waals surface area contributed by atoms with Crippen LogP contribution in [-0.4, -0.2) is 37.0 Å². The molecule has 0 atom stereocenters. The quantitative estimate of drug-likeness (QED) is 0.253. The Bertz CT molecular complexity index is 1490. The molecule has 0 saturated heterocycles. The molecule has 5 aromatic rings. The zero-order valence-corrected chi connectivity index (χ0v) is 21.5. The minimum Gasteiger partial charge on any atom is -0.497 e. The summed E-state index contributed by atoms with van der Waals surface area (Å²) in [6, 6.07) is 20.0. The molecule has 3 heterocycles. The molecule has 0 amide bonds. The Hall–Kier alpha value is -3.98. The van der Waals surface area contributed by atoms with E-state index in [1.165, 1.54) is 5.56 Å². The van der Waals surface area contributed by atoms with Crippen LogP contribution in [0.15, 0.2) is 82.7 Å². The maximum atomic E-state index is 5.91. The fraction of sp³-hybridized carbons (Fsp3) is 0.250. The Morgan fingerprint density at radius 2 is 1.62 bits per heavy atom. The van der Waals surface area contributed by atoms with Crippen LogP contribution in [0, 0.1) is 6.92 Å². The molecule has 0 N–H and O–H groups in total. The Labute approximate surface area is 219 Å². The third-order valence-corrected chi connectivity index (χ3v) is 8.15. The van der Waals surface area contributed by atoms with Crippen LogP contribution in [0.2, 0.25) is 0 Å². The van der Waals surface area contributed by atoms with E-state index in [-0.39, 0.29) is 4.75 Å². The predicted molar refractivity (Wildman–Crippen MR) is 142 cm³/mol. The van der Waals surface area contributed by atoms with Gasteiger partial charge in [0.05, 0.1) is 7.11 Å².